The van der Waals surface area contributed by atoms with Crippen molar-refractivity contribution in [1.82, 2.24) is 9.88 Å². The largest absolute Gasteiger partial charge is 0.337 e. The van der Waals surface area contributed by atoms with Crippen molar-refractivity contribution in [2.75, 3.05) is 17.5 Å². The fourth-order valence-electron chi connectivity index (χ4n) is 2.54. The summed E-state index contributed by atoms with van der Waals surface area (Å²) in [6.07, 6.45) is 1.72. The van der Waals surface area contributed by atoms with Crippen molar-refractivity contribution < 1.29 is 13.2 Å². The molecule has 3 rings (SSSR count). The third kappa shape index (κ3) is 3.90. The summed E-state index contributed by atoms with van der Waals surface area (Å²) in [7, 11) is -3.35. The van der Waals surface area contributed by atoms with E-state index in [1.54, 1.807) is 11.0 Å². The maximum absolute atomic E-state index is 12.7. The molecule has 0 bridgehead atoms. The van der Waals surface area contributed by atoms with E-state index in [1.165, 1.54) is 22.7 Å². The Morgan fingerprint density at radius 3 is 2.79 bits per heavy atom. The van der Waals surface area contributed by atoms with Crippen molar-refractivity contribution in [1.29, 1.82) is 0 Å². The van der Waals surface area contributed by atoms with E-state index in [0.717, 1.165) is 21.7 Å². The number of amides is 1. The first kappa shape index (κ1) is 17.7. The average Bonchev–Trinajstić information content (AvgIpc) is 3.08. The van der Waals surface area contributed by atoms with E-state index < -0.39 is 10.0 Å². The van der Waals surface area contributed by atoms with Gasteiger partial charge in [-0.15, -0.1) is 11.3 Å². The van der Waals surface area contributed by atoms with Crippen molar-refractivity contribution in [3.63, 3.8) is 0 Å². The highest BCUT2D eigenvalue weighted by Crippen LogP contribution is 2.32. The molecule has 1 amide bonds. The summed E-state index contributed by atoms with van der Waals surface area (Å²) >= 11 is 8.65. The molecule has 24 heavy (non-hydrogen) atoms. The summed E-state index contributed by atoms with van der Waals surface area (Å²) in [6, 6.07) is 3.68. The minimum Gasteiger partial charge on any atom is -0.337 e. The molecule has 0 aromatic carbocycles. The second-order valence-electron chi connectivity index (χ2n) is 5.64. The van der Waals surface area contributed by atoms with Gasteiger partial charge in [0, 0.05) is 22.7 Å². The minimum atomic E-state index is -3.35. The SMILES string of the molecule is C[C@H](C(=O)N1CCc2nc(NS(C)(=O)=O)sc2C1)c1ccc(Cl)s1. The quantitative estimate of drug-likeness (QED) is 0.848. The Morgan fingerprint density at radius 2 is 2.17 bits per heavy atom. The molecule has 130 valence electrons. The molecule has 2 aromatic heterocycles. The van der Waals surface area contributed by atoms with Gasteiger partial charge in [0.25, 0.3) is 0 Å². The zero-order valence-electron chi connectivity index (χ0n) is 13.1. The Morgan fingerprint density at radius 1 is 1.42 bits per heavy atom. The average molecular weight is 406 g/mol. The molecule has 6 nitrogen and oxygen atoms in total. The highest BCUT2D eigenvalue weighted by molar-refractivity contribution is 7.92. The zero-order valence-corrected chi connectivity index (χ0v) is 16.3. The van der Waals surface area contributed by atoms with Crippen molar-refractivity contribution in [3.8, 4) is 0 Å². The zero-order chi connectivity index (χ0) is 17.5. The standard InChI is InChI=1S/C14H16ClN3O3S3/c1-8(10-3-4-12(15)22-10)13(19)18-6-5-9-11(7-18)23-14(16-9)17-24(2,20)21/h3-4,8H,5-7H2,1-2H3,(H,16,17)/t8-/m0/s1. The number of hydrogen-bond donors (Lipinski definition) is 1. The Labute approximate surface area is 153 Å². The third-order valence-corrected chi connectivity index (χ3v) is 6.81. The minimum absolute atomic E-state index is 0.0465. The van der Waals surface area contributed by atoms with Gasteiger partial charge >= 0.3 is 0 Å². The maximum Gasteiger partial charge on any atom is 0.231 e. The van der Waals surface area contributed by atoms with E-state index in [1.807, 2.05) is 13.0 Å². The summed E-state index contributed by atoms with van der Waals surface area (Å²) in [5, 5.41) is 0.356. The van der Waals surface area contributed by atoms with Gasteiger partial charge in [-0.2, -0.15) is 0 Å². The van der Waals surface area contributed by atoms with Crippen LogP contribution in [0.5, 0.6) is 0 Å². The number of nitrogens with one attached hydrogen (secondary N) is 1. The van der Waals surface area contributed by atoms with Gasteiger partial charge in [0.2, 0.25) is 15.9 Å². The smallest absolute Gasteiger partial charge is 0.231 e. The number of sulfonamides is 1. The van der Waals surface area contributed by atoms with Gasteiger partial charge in [-0.05, 0) is 19.1 Å². The van der Waals surface area contributed by atoms with Gasteiger partial charge in [-0.1, -0.05) is 22.9 Å². The molecular weight excluding hydrogens is 390 g/mol. The number of rotatable bonds is 4. The molecule has 1 aliphatic heterocycles. The number of thiophene rings is 1. The number of aromatic nitrogens is 1. The first-order valence-electron chi connectivity index (χ1n) is 7.23. The van der Waals surface area contributed by atoms with Crippen LogP contribution in [0.4, 0.5) is 5.13 Å². The first-order chi connectivity index (χ1) is 11.2. The second-order valence-corrected chi connectivity index (χ2v) is 10.2. The normalized spacial score (nSPS) is 15.9. The van der Waals surface area contributed by atoms with Crippen LogP contribution in [-0.2, 0) is 27.8 Å². The third-order valence-electron chi connectivity index (χ3n) is 3.71. The van der Waals surface area contributed by atoms with E-state index in [-0.39, 0.29) is 11.8 Å². The van der Waals surface area contributed by atoms with Crippen molar-refractivity contribution in [2.45, 2.75) is 25.8 Å². The molecule has 2 aromatic rings. The van der Waals surface area contributed by atoms with Crippen LogP contribution in [0.15, 0.2) is 12.1 Å². The number of halogens is 1. The number of anilines is 1. The van der Waals surface area contributed by atoms with Gasteiger partial charge in [-0.25, -0.2) is 13.4 Å². The Balaban J connectivity index is 1.73. The van der Waals surface area contributed by atoms with Gasteiger partial charge in [-0.3, -0.25) is 9.52 Å². The molecule has 1 aliphatic rings. The van der Waals surface area contributed by atoms with E-state index >= 15 is 0 Å². The highest BCUT2D eigenvalue weighted by atomic mass is 35.5. The van der Waals surface area contributed by atoms with Crippen LogP contribution in [0.3, 0.4) is 0 Å². The number of carbonyl (C=O) groups excluding carboxylic acids is 1. The van der Waals surface area contributed by atoms with E-state index in [2.05, 4.69) is 9.71 Å². The first-order valence-corrected chi connectivity index (χ1v) is 11.1. The molecule has 0 aliphatic carbocycles. The van der Waals surface area contributed by atoms with Crippen molar-refractivity contribution >= 4 is 55.3 Å². The molecule has 0 unspecified atom stereocenters. The summed E-state index contributed by atoms with van der Waals surface area (Å²) in [6.45, 7) is 2.92. The summed E-state index contributed by atoms with van der Waals surface area (Å²) in [4.78, 5) is 20.7. The number of nitrogens with zero attached hydrogens (tertiary/aromatic N) is 2. The van der Waals surface area contributed by atoms with E-state index in [0.29, 0.717) is 29.0 Å². The predicted octanol–water partition coefficient (Wildman–Crippen LogP) is 2.92. The molecule has 10 heteroatoms. The lowest BCUT2D eigenvalue weighted by molar-refractivity contribution is -0.133. The van der Waals surface area contributed by atoms with Gasteiger partial charge < -0.3 is 4.90 Å². The fraction of sp³-hybridized carbons (Fsp3) is 0.429. The summed E-state index contributed by atoms with van der Waals surface area (Å²) in [5.74, 6) is -0.198. The molecule has 0 spiro atoms. The Hall–Kier alpha value is -1.16. The number of thiazole rings is 1. The Bertz CT molecular complexity index is 875. The van der Waals surface area contributed by atoms with Crippen LogP contribution in [0.25, 0.3) is 0 Å². The van der Waals surface area contributed by atoms with Gasteiger partial charge in [0.05, 0.1) is 28.7 Å². The molecule has 0 saturated heterocycles. The molecule has 0 saturated carbocycles. The van der Waals surface area contributed by atoms with Gasteiger partial charge in [0.1, 0.15) is 0 Å². The monoisotopic (exact) mass is 405 g/mol. The number of hydrogen-bond acceptors (Lipinski definition) is 6. The van der Waals surface area contributed by atoms with Crippen LogP contribution in [0.2, 0.25) is 4.34 Å². The van der Waals surface area contributed by atoms with Crippen molar-refractivity contribution in [3.05, 3.63) is 31.9 Å². The van der Waals surface area contributed by atoms with E-state index in [4.69, 9.17) is 11.6 Å². The molecular formula is C14H16ClN3O3S3. The molecule has 3 heterocycles. The molecule has 1 N–H and O–H groups in total. The fourth-order valence-corrected chi connectivity index (χ4v) is 5.51. The summed E-state index contributed by atoms with van der Waals surface area (Å²) in [5.41, 5.74) is 0.863. The number of fused-ring (bicyclic) bond motifs is 1. The maximum atomic E-state index is 12.7. The van der Waals surface area contributed by atoms with E-state index in [9.17, 15) is 13.2 Å². The van der Waals surface area contributed by atoms with Crippen LogP contribution in [-0.4, -0.2) is 37.0 Å². The lowest BCUT2D eigenvalue weighted by Crippen LogP contribution is -2.37. The summed E-state index contributed by atoms with van der Waals surface area (Å²) < 4.78 is 25.7. The highest BCUT2D eigenvalue weighted by Gasteiger charge is 2.28. The second kappa shape index (κ2) is 6.62. The lowest BCUT2D eigenvalue weighted by atomic mass is 10.1. The lowest BCUT2D eigenvalue weighted by Gasteiger charge is -2.28. The van der Waals surface area contributed by atoms with Crippen LogP contribution in [0, 0.1) is 0 Å². The van der Waals surface area contributed by atoms with Crippen LogP contribution in [0.1, 0.15) is 28.3 Å². The van der Waals surface area contributed by atoms with Crippen LogP contribution >= 0.6 is 34.3 Å². The van der Waals surface area contributed by atoms with Gasteiger partial charge in [0.15, 0.2) is 5.13 Å². The predicted molar refractivity (Wildman–Crippen MR) is 97.4 cm³/mol. The Kier molecular flexibility index (Phi) is 4.87. The number of carbonyl (C=O) groups is 1. The van der Waals surface area contributed by atoms with Crippen molar-refractivity contribution in [2.24, 2.45) is 0 Å². The topological polar surface area (TPSA) is 79.4 Å². The molecule has 0 radical (unpaired) electrons. The molecule has 0 fully saturated rings. The molecule has 1 atom stereocenters. The van der Waals surface area contributed by atoms with Crippen LogP contribution < -0.4 is 4.72 Å².